The van der Waals surface area contributed by atoms with Crippen LogP contribution in [-0.4, -0.2) is 79.0 Å². The van der Waals surface area contributed by atoms with Crippen molar-refractivity contribution in [1.82, 2.24) is 24.6 Å². The summed E-state index contributed by atoms with van der Waals surface area (Å²) in [7, 11) is 9.22. The molecule has 0 unspecified atom stereocenters. The number of carbonyl (C=O) groups excluding carboxylic acids is 1. The van der Waals surface area contributed by atoms with Gasteiger partial charge in [-0.05, 0) is 57.3 Å². The summed E-state index contributed by atoms with van der Waals surface area (Å²) in [6.07, 6.45) is 4.96. The van der Waals surface area contributed by atoms with Crippen molar-refractivity contribution in [3.05, 3.63) is 59.9 Å². The van der Waals surface area contributed by atoms with Gasteiger partial charge < -0.3 is 29.9 Å². The smallest absolute Gasteiger partial charge is 0.247 e. The molecule has 2 aromatic heterocycles. The van der Waals surface area contributed by atoms with Crippen molar-refractivity contribution in [2.75, 3.05) is 64.0 Å². The average molecular weight is 591 g/mol. The fraction of sp³-hybridized carbons (Fsp3) is 0.333. The number of amides is 1. The minimum Gasteiger partial charge on any atom is -0.497 e. The molecule has 2 aromatic carbocycles. The van der Waals surface area contributed by atoms with E-state index >= 15 is 0 Å². The monoisotopic (exact) mass is 590 g/mol. The van der Waals surface area contributed by atoms with Gasteiger partial charge in [-0.25, -0.2) is 9.67 Å². The maximum Gasteiger partial charge on any atom is 0.247 e. The highest BCUT2D eigenvalue weighted by Gasteiger charge is 2.30. The first-order valence-corrected chi connectivity index (χ1v) is 14.0. The first-order valence-electron chi connectivity index (χ1n) is 13.6. The van der Waals surface area contributed by atoms with Crippen LogP contribution in [0.15, 0.2) is 49.2 Å². The summed E-state index contributed by atoms with van der Waals surface area (Å²) in [6, 6.07) is 9.51. The van der Waals surface area contributed by atoms with E-state index in [0.29, 0.717) is 33.9 Å². The SMILES string of the molecule is C=CC(=O)Nc1cc(Nc2ncc(Cl)c(-n3nc(C4CC4)c4cc(OC)ccc43)n2)c(OC)cc1N(C)CCN(C)C. The predicted octanol–water partition coefficient (Wildman–Crippen LogP) is 5.23. The predicted molar refractivity (Wildman–Crippen MR) is 167 cm³/mol. The van der Waals surface area contributed by atoms with Gasteiger partial charge in [0.1, 0.15) is 16.5 Å². The number of halogens is 1. The second-order valence-electron chi connectivity index (χ2n) is 10.4. The molecular formula is C30H35ClN8O3. The van der Waals surface area contributed by atoms with Crippen LogP contribution in [0.1, 0.15) is 24.5 Å². The fourth-order valence-electron chi connectivity index (χ4n) is 4.66. The molecule has 1 saturated carbocycles. The Labute approximate surface area is 250 Å². The summed E-state index contributed by atoms with van der Waals surface area (Å²) in [5.74, 6) is 2.12. The van der Waals surface area contributed by atoms with Gasteiger partial charge in [0.25, 0.3) is 0 Å². The number of likely N-dealkylation sites (N-methyl/N-ethyl adjacent to an activating group) is 2. The van der Waals surface area contributed by atoms with E-state index < -0.39 is 0 Å². The van der Waals surface area contributed by atoms with Gasteiger partial charge in [0.15, 0.2) is 5.82 Å². The molecule has 0 bridgehead atoms. The number of hydrogen-bond donors (Lipinski definition) is 2. The highest BCUT2D eigenvalue weighted by atomic mass is 35.5. The van der Waals surface area contributed by atoms with Crippen LogP contribution in [0, 0.1) is 0 Å². The van der Waals surface area contributed by atoms with Crippen molar-refractivity contribution in [2.24, 2.45) is 0 Å². The summed E-state index contributed by atoms with van der Waals surface area (Å²) < 4.78 is 13.0. The maximum absolute atomic E-state index is 12.3. The second-order valence-corrected chi connectivity index (χ2v) is 10.8. The summed E-state index contributed by atoms with van der Waals surface area (Å²) >= 11 is 6.63. The van der Waals surface area contributed by atoms with Crippen LogP contribution in [-0.2, 0) is 4.79 Å². The Morgan fingerprint density at radius 1 is 1.14 bits per heavy atom. The third-order valence-corrected chi connectivity index (χ3v) is 7.37. The average Bonchev–Trinajstić information content (AvgIpc) is 3.77. The minimum absolute atomic E-state index is 0.285. The van der Waals surface area contributed by atoms with Crippen molar-refractivity contribution in [3.63, 3.8) is 0 Å². The summed E-state index contributed by atoms with van der Waals surface area (Å²) in [4.78, 5) is 25.6. The number of fused-ring (bicyclic) bond motifs is 1. The Kier molecular flexibility index (Phi) is 8.51. The lowest BCUT2D eigenvalue weighted by molar-refractivity contribution is -0.111. The topological polar surface area (TPSA) is 110 Å². The fourth-order valence-corrected chi connectivity index (χ4v) is 4.83. The number of nitrogens with one attached hydrogen (secondary N) is 2. The van der Waals surface area contributed by atoms with Crippen LogP contribution in [0.4, 0.5) is 23.0 Å². The zero-order valence-electron chi connectivity index (χ0n) is 24.4. The molecule has 0 spiro atoms. The van der Waals surface area contributed by atoms with Crippen LogP contribution < -0.4 is 25.0 Å². The van der Waals surface area contributed by atoms with E-state index in [9.17, 15) is 4.79 Å². The first kappa shape index (κ1) is 29.2. The van der Waals surface area contributed by atoms with Gasteiger partial charge in [-0.2, -0.15) is 10.1 Å². The van der Waals surface area contributed by atoms with E-state index in [1.165, 1.54) is 12.3 Å². The number of hydrogen-bond acceptors (Lipinski definition) is 9. The number of aromatic nitrogens is 4. The van der Waals surface area contributed by atoms with Crippen molar-refractivity contribution in [2.45, 2.75) is 18.8 Å². The lowest BCUT2D eigenvalue weighted by atomic mass is 10.1. The van der Waals surface area contributed by atoms with Gasteiger partial charge in [-0.15, -0.1) is 0 Å². The molecule has 5 rings (SSSR count). The van der Waals surface area contributed by atoms with Crippen LogP contribution >= 0.6 is 11.6 Å². The van der Waals surface area contributed by atoms with E-state index in [-0.39, 0.29) is 11.9 Å². The number of methoxy groups -OCH3 is 2. The highest BCUT2D eigenvalue weighted by molar-refractivity contribution is 6.32. The van der Waals surface area contributed by atoms with E-state index in [4.69, 9.17) is 31.2 Å². The van der Waals surface area contributed by atoms with E-state index in [0.717, 1.165) is 54.0 Å². The molecule has 4 aromatic rings. The molecule has 0 saturated heterocycles. The quantitative estimate of drug-likeness (QED) is 0.214. The molecule has 2 heterocycles. The number of ether oxygens (including phenoxy) is 2. The molecule has 1 amide bonds. The molecule has 12 heteroatoms. The summed E-state index contributed by atoms with van der Waals surface area (Å²) in [6.45, 7) is 5.15. The molecule has 0 radical (unpaired) electrons. The second kappa shape index (κ2) is 12.3. The molecule has 2 N–H and O–H groups in total. The van der Waals surface area contributed by atoms with E-state index in [1.807, 2.05) is 45.4 Å². The maximum atomic E-state index is 12.3. The Morgan fingerprint density at radius 2 is 1.93 bits per heavy atom. The number of anilines is 4. The zero-order valence-corrected chi connectivity index (χ0v) is 25.2. The van der Waals surface area contributed by atoms with Crippen molar-refractivity contribution < 1.29 is 14.3 Å². The van der Waals surface area contributed by atoms with Crippen LogP contribution in [0.25, 0.3) is 16.7 Å². The van der Waals surface area contributed by atoms with E-state index in [2.05, 4.69) is 32.0 Å². The highest BCUT2D eigenvalue weighted by Crippen LogP contribution is 2.44. The lowest BCUT2D eigenvalue weighted by Crippen LogP contribution is -2.29. The molecule has 0 aliphatic heterocycles. The van der Waals surface area contributed by atoms with Crippen molar-refractivity contribution >= 4 is 51.4 Å². The third kappa shape index (κ3) is 6.12. The molecule has 1 fully saturated rings. The first-order chi connectivity index (χ1) is 20.2. The van der Waals surface area contributed by atoms with Crippen LogP contribution in [0.3, 0.4) is 0 Å². The van der Waals surface area contributed by atoms with Gasteiger partial charge in [0.05, 0.1) is 48.7 Å². The largest absolute Gasteiger partial charge is 0.497 e. The molecule has 11 nitrogen and oxygen atoms in total. The standard InChI is InChI=1S/C30H35ClN8O3/c1-7-27(40)33-22-15-23(26(42-6)16-25(22)38(4)13-12-37(2)3)34-30-32-17-21(31)29(35-30)39-24-11-10-19(41-5)14-20(24)28(36-39)18-8-9-18/h7,10-11,14-18H,1,8-9,12-13H2,2-6H3,(H,33,40)(H,32,34,35). The number of benzene rings is 2. The Hall–Kier alpha value is -4.35. The Bertz CT molecular complexity index is 1630. The molecule has 42 heavy (non-hydrogen) atoms. The summed E-state index contributed by atoms with van der Waals surface area (Å²) in [5, 5.41) is 12.4. The molecule has 1 aliphatic carbocycles. The Balaban J connectivity index is 1.54. The van der Waals surface area contributed by atoms with Crippen molar-refractivity contribution in [1.29, 1.82) is 0 Å². The number of rotatable bonds is 12. The van der Waals surface area contributed by atoms with E-state index in [1.54, 1.807) is 25.0 Å². The van der Waals surface area contributed by atoms with Gasteiger partial charge in [0.2, 0.25) is 11.9 Å². The van der Waals surface area contributed by atoms with Gasteiger partial charge in [-0.3, -0.25) is 4.79 Å². The lowest BCUT2D eigenvalue weighted by Gasteiger charge is -2.26. The number of carbonyl (C=O) groups is 1. The number of nitrogens with zero attached hydrogens (tertiary/aromatic N) is 6. The van der Waals surface area contributed by atoms with Crippen LogP contribution in [0.2, 0.25) is 5.02 Å². The molecule has 1 aliphatic rings. The van der Waals surface area contributed by atoms with Gasteiger partial charge in [0, 0.05) is 37.5 Å². The third-order valence-electron chi connectivity index (χ3n) is 7.11. The van der Waals surface area contributed by atoms with Crippen molar-refractivity contribution in [3.8, 4) is 17.3 Å². The minimum atomic E-state index is -0.327. The zero-order chi connectivity index (χ0) is 30.0. The van der Waals surface area contributed by atoms with Gasteiger partial charge >= 0.3 is 0 Å². The molecule has 0 atom stereocenters. The Morgan fingerprint density at radius 3 is 2.60 bits per heavy atom. The molecule has 220 valence electrons. The van der Waals surface area contributed by atoms with Gasteiger partial charge in [-0.1, -0.05) is 18.2 Å². The normalized spacial score (nSPS) is 12.8. The summed E-state index contributed by atoms with van der Waals surface area (Å²) in [5.41, 5.74) is 3.81. The van der Waals surface area contributed by atoms with Crippen LogP contribution in [0.5, 0.6) is 11.5 Å². The molecular weight excluding hydrogens is 556 g/mol.